The molecule has 3 N–H and O–H groups in total. The van der Waals surface area contributed by atoms with E-state index in [-0.39, 0.29) is 41.0 Å². The van der Waals surface area contributed by atoms with Gasteiger partial charge in [-0.3, -0.25) is 4.79 Å². The lowest BCUT2D eigenvalue weighted by molar-refractivity contribution is 0.102. The topological polar surface area (TPSA) is 89.6 Å². The number of carbonyl (C=O) groups excluding carboxylic acids is 1. The van der Waals surface area contributed by atoms with Crippen molar-refractivity contribution in [3.05, 3.63) is 58.1 Å². The van der Waals surface area contributed by atoms with Crippen LogP contribution in [-0.2, 0) is 11.2 Å². The van der Waals surface area contributed by atoms with Crippen LogP contribution in [0.4, 0.5) is 18.9 Å². The number of pyridine rings is 1. The molecule has 144 valence electrons. The number of carbonyl (C=O) groups is 1. The number of ether oxygens (including phenoxy) is 1. The van der Waals surface area contributed by atoms with Gasteiger partial charge in [-0.05, 0) is 29.8 Å². The number of aromatic nitrogens is 1. The number of nitrogens with zero attached hydrogens (tertiary/aromatic N) is 2. The van der Waals surface area contributed by atoms with Gasteiger partial charge in [-0.25, -0.2) is 23.1 Å². The second kappa shape index (κ2) is 9.22. The van der Waals surface area contributed by atoms with Gasteiger partial charge in [0.25, 0.3) is 18.4 Å². The Morgan fingerprint density at radius 3 is 2.78 bits per heavy atom. The van der Waals surface area contributed by atoms with E-state index in [9.17, 15) is 18.0 Å². The first-order valence-corrected chi connectivity index (χ1v) is 8.08. The number of hydrogen-bond donors (Lipinski definition) is 2. The lowest BCUT2D eigenvalue weighted by atomic mass is 10.1. The second-order valence-corrected chi connectivity index (χ2v) is 5.73. The van der Waals surface area contributed by atoms with Crippen LogP contribution in [-0.4, -0.2) is 30.6 Å². The van der Waals surface area contributed by atoms with E-state index >= 15 is 0 Å². The zero-order valence-electron chi connectivity index (χ0n) is 14.2. The van der Waals surface area contributed by atoms with E-state index in [0.717, 1.165) is 12.3 Å². The first-order valence-electron chi connectivity index (χ1n) is 7.70. The minimum absolute atomic E-state index is 0.0205. The summed E-state index contributed by atoms with van der Waals surface area (Å²) < 4.78 is 44.2. The number of hydrogen-bond acceptors (Lipinski definition) is 4. The molecule has 2 aromatic rings. The zero-order valence-corrected chi connectivity index (χ0v) is 14.9. The number of aliphatic imine (C=N–C) groups is 1. The highest BCUT2D eigenvalue weighted by Crippen LogP contribution is 2.24. The van der Waals surface area contributed by atoms with Crippen molar-refractivity contribution in [1.29, 1.82) is 0 Å². The third-order valence-electron chi connectivity index (χ3n) is 3.47. The van der Waals surface area contributed by atoms with Crippen LogP contribution in [0.15, 0.2) is 35.5 Å². The van der Waals surface area contributed by atoms with Crippen molar-refractivity contribution >= 4 is 29.2 Å². The minimum atomic E-state index is -2.75. The summed E-state index contributed by atoms with van der Waals surface area (Å²) in [6.45, 7) is 0.0972. The molecule has 6 nitrogen and oxygen atoms in total. The average Bonchev–Trinajstić information content (AvgIpc) is 2.63. The summed E-state index contributed by atoms with van der Waals surface area (Å²) in [6, 6.07) is 4.89. The normalized spacial score (nSPS) is 11.6. The molecule has 0 unspecified atom stereocenters. The van der Waals surface area contributed by atoms with Gasteiger partial charge in [-0.1, -0.05) is 11.6 Å². The predicted octanol–water partition coefficient (Wildman–Crippen LogP) is 3.57. The van der Waals surface area contributed by atoms with E-state index in [1.165, 1.54) is 25.2 Å². The number of nitrogens with one attached hydrogen (secondary N) is 1. The van der Waals surface area contributed by atoms with E-state index in [1.54, 1.807) is 0 Å². The van der Waals surface area contributed by atoms with Crippen molar-refractivity contribution in [3.8, 4) is 0 Å². The summed E-state index contributed by atoms with van der Waals surface area (Å²) in [6.07, 6.45) is -1.69. The number of anilines is 1. The largest absolute Gasteiger partial charge is 0.465 e. The highest BCUT2D eigenvalue weighted by atomic mass is 35.5. The molecule has 0 saturated carbocycles. The Balaban J connectivity index is 2.10. The zero-order chi connectivity index (χ0) is 20.0. The summed E-state index contributed by atoms with van der Waals surface area (Å²) in [5.41, 5.74) is 5.34. The van der Waals surface area contributed by atoms with Crippen LogP contribution in [0.3, 0.4) is 0 Å². The minimum Gasteiger partial charge on any atom is -0.465 e. The monoisotopic (exact) mass is 400 g/mol. The third-order valence-corrected chi connectivity index (χ3v) is 3.76. The molecule has 0 spiro atoms. The molecule has 27 heavy (non-hydrogen) atoms. The smallest absolute Gasteiger partial charge is 0.281 e. The van der Waals surface area contributed by atoms with Crippen molar-refractivity contribution in [2.24, 2.45) is 10.7 Å². The molecular weight excluding hydrogens is 385 g/mol. The van der Waals surface area contributed by atoms with Crippen molar-refractivity contribution in [2.75, 3.05) is 19.0 Å². The van der Waals surface area contributed by atoms with Crippen LogP contribution in [0.25, 0.3) is 0 Å². The van der Waals surface area contributed by atoms with Gasteiger partial charge >= 0.3 is 0 Å². The molecule has 0 aliphatic carbocycles. The molecule has 0 aliphatic rings. The number of rotatable bonds is 6. The van der Waals surface area contributed by atoms with Gasteiger partial charge in [0.15, 0.2) is 0 Å². The molecule has 0 aliphatic heterocycles. The van der Waals surface area contributed by atoms with Gasteiger partial charge in [0.05, 0.1) is 11.6 Å². The Bertz CT molecular complexity index is 862. The van der Waals surface area contributed by atoms with Gasteiger partial charge in [-0.2, -0.15) is 0 Å². The second-order valence-electron chi connectivity index (χ2n) is 5.32. The van der Waals surface area contributed by atoms with Crippen LogP contribution < -0.4 is 11.1 Å². The number of amides is 1. The van der Waals surface area contributed by atoms with Crippen molar-refractivity contribution in [1.82, 2.24) is 4.98 Å². The molecule has 1 heterocycles. The molecule has 0 saturated heterocycles. The molecule has 2 rings (SSSR count). The van der Waals surface area contributed by atoms with Crippen LogP contribution in [0.5, 0.6) is 0 Å². The predicted molar refractivity (Wildman–Crippen MR) is 95.8 cm³/mol. The van der Waals surface area contributed by atoms with Gasteiger partial charge in [-0.15, -0.1) is 0 Å². The Kier molecular flexibility index (Phi) is 7.00. The van der Waals surface area contributed by atoms with Crippen molar-refractivity contribution in [3.63, 3.8) is 0 Å². The van der Waals surface area contributed by atoms with E-state index in [4.69, 9.17) is 22.1 Å². The van der Waals surface area contributed by atoms with E-state index < -0.39 is 23.7 Å². The maximum Gasteiger partial charge on any atom is 0.281 e. The van der Waals surface area contributed by atoms with Crippen molar-refractivity contribution in [2.45, 2.75) is 12.8 Å². The molecule has 0 fully saturated rings. The lowest BCUT2D eigenvalue weighted by Crippen LogP contribution is -2.18. The average molecular weight is 401 g/mol. The third kappa shape index (κ3) is 5.58. The van der Waals surface area contributed by atoms with Crippen molar-refractivity contribution < 1.29 is 22.7 Å². The fraction of sp³-hybridized carbons (Fsp3) is 0.235. The number of nitrogens with two attached hydrogens (primary N) is 1. The van der Waals surface area contributed by atoms with E-state index in [2.05, 4.69) is 15.3 Å². The SMILES string of the molecule is CN=C(N)OCCc1cc(NC(=O)c2ncc(C(F)F)cc2Cl)ccc1F. The molecule has 0 radical (unpaired) electrons. The number of alkyl halides is 2. The maximum atomic E-state index is 13.9. The molecule has 1 amide bonds. The summed E-state index contributed by atoms with van der Waals surface area (Å²) in [5, 5.41) is 2.28. The first-order chi connectivity index (χ1) is 12.8. The molecule has 1 aromatic carbocycles. The summed E-state index contributed by atoms with van der Waals surface area (Å²) in [7, 11) is 1.46. The van der Waals surface area contributed by atoms with Crippen LogP contribution in [0.2, 0.25) is 5.02 Å². The molecule has 0 bridgehead atoms. The summed E-state index contributed by atoms with van der Waals surface area (Å²) >= 11 is 5.85. The molecule has 0 atom stereocenters. The Labute approximate surface area is 158 Å². The Hall–Kier alpha value is -2.81. The first kappa shape index (κ1) is 20.5. The van der Waals surface area contributed by atoms with Gasteiger partial charge < -0.3 is 15.8 Å². The molecule has 10 heteroatoms. The highest BCUT2D eigenvalue weighted by Gasteiger charge is 2.17. The lowest BCUT2D eigenvalue weighted by Gasteiger charge is -2.10. The Morgan fingerprint density at radius 2 is 2.15 bits per heavy atom. The maximum absolute atomic E-state index is 13.9. The van der Waals surface area contributed by atoms with Crippen LogP contribution >= 0.6 is 11.6 Å². The van der Waals surface area contributed by atoms with Gasteiger partial charge in [0.2, 0.25) is 0 Å². The fourth-order valence-corrected chi connectivity index (χ4v) is 2.36. The van der Waals surface area contributed by atoms with E-state index in [0.29, 0.717) is 0 Å². The standard InChI is InChI=1S/C17H16ClF3N4O2/c1-23-17(22)27-5-4-9-6-11(2-3-13(9)19)25-16(26)14-12(18)7-10(8-24-14)15(20)21/h2-3,6-8,15H,4-5H2,1H3,(H2,22,23)(H,25,26). The Morgan fingerprint density at radius 1 is 1.41 bits per heavy atom. The molecule has 1 aromatic heterocycles. The van der Waals surface area contributed by atoms with Crippen LogP contribution in [0.1, 0.15) is 28.0 Å². The van der Waals surface area contributed by atoms with E-state index in [1.807, 2.05) is 0 Å². The van der Waals surface area contributed by atoms with Gasteiger partial charge in [0.1, 0.15) is 11.5 Å². The number of benzene rings is 1. The highest BCUT2D eigenvalue weighted by molar-refractivity contribution is 6.34. The quantitative estimate of drug-likeness (QED) is 0.573. The number of halogens is 4. The van der Waals surface area contributed by atoms with Crippen LogP contribution in [0, 0.1) is 5.82 Å². The fourth-order valence-electron chi connectivity index (χ4n) is 2.10. The molecular formula is C17H16ClF3N4O2. The van der Waals surface area contributed by atoms with Gasteiger partial charge in [0, 0.05) is 30.9 Å². The summed E-state index contributed by atoms with van der Waals surface area (Å²) in [4.78, 5) is 19.5. The summed E-state index contributed by atoms with van der Waals surface area (Å²) in [5.74, 6) is -1.20. The number of amidine groups is 1.